The van der Waals surface area contributed by atoms with E-state index in [1.165, 1.54) is 18.2 Å². The molecule has 7 heteroatoms. The SMILES string of the molecule is COP(=O)(CO)CCC1CCN(c2ncnc3cc(C)c(C)cc23)CC1. The first-order valence-corrected chi connectivity index (χ1v) is 11.2. The Morgan fingerprint density at radius 2 is 1.92 bits per heavy atom. The summed E-state index contributed by atoms with van der Waals surface area (Å²) in [6.45, 7) is 6.08. The summed E-state index contributed by atoms with van der Waals surface area (Å²) in [4.78, 5) is 11.3. The zero-order chi connectivity index (χ0) is 18.7. The van der Waals surface area contributed by atoms with Crippen molar-refractivity contribution >= 4 is 24.1 Å². The molecule has 1 aromatic carbocycles. The molecule has 1 aromatic heterocycles. The van der Waals surface area contributed by atoms with Crippen LogP contribution in [0.15, 0.2) is 18.5 Å². The van der Waals surface area contributed by atoms with Crippen LogP contribution in [-0.2, 0) is 9.09 Å². The zero-order valence-corrected chi connectivity index (χ0v) is 16.7. The zero-order valence-electron chi connectivity index (χ0n) is 15.8. The average molecular weight is 377 g/mol. The lowest BCUT2D eigenvalue weighted by Gasteiger charge is -2.33. The van der Waals surface area contributed by atoms with E-state index in [0.29, 0.717) is 12.1 Å². The molecule has 0 spiro atoms. The second-order valence-corrected chi connectivity index (χ2v) is 9.96. The van der Waals surface area contributed by atoms with Gasteiger partial charge in [0, 0.05) is 31.7 Å². The van der Waals surface area contributed by atoms with Gasteiger partial charge in [0.25, 0.3) is 0 Å². The van der Waals surface area contributed by atoms with Gasteiger partial charge in [0.2, 0.25) is 7.37 Å². The fourth-order valence-electron chi connectivity index (χ4n) is 3.59. The van der Waals surface area contributed by atoms with Crippen LogP contribution in [0.4, 0.5) is 5.82 Å². The summed E-state index contributed by atoms with van der Waals surface area (Å²) < 4.78 is 17.2. The Hall–Kier alpha value is -1.49. The van der Waals surface area contributed by atoms with Gasteiger partial charge in [-0.25, -0.2) is 9.97 Å². The molecule has 142 valence electrons. The van der Waals surface area contributed by atoms with Crippen LogP contribution in [0.1, 0.15) is 30.4 Å². The van der Waals surface area contributed by atoms with Gasteiger partial charge in [0.15, 0.2) is 0 Å². The average Bonchev–Trinajstić information content (AvgIpc) is 2.67. The van der Waals surface area contributed by atoms with Crippen molar-refractivity contribution < 1.29 is 14.2 Å². The van der Waals surface area contributed by atoms with Crippen molar-refractivity contribution in [2.24, 2.45) is 5.92 Å². The van der Waals surface area contributed by atoms with E-state index in [0.717, 1.165) is 49.1 Å². The van der Waals surface area contributed by atoms with E-state index in [1.54, 1.807) is 6.33 Å². The standard InChI is InChI=1S/C19H28N3O3P/c1-14-10-17-18(11-15(14)2)20-12-21-19(17)22-7-4-16(5-8-22)6-9-26(24,13-23)25-3/h10-12,16,23H,4-9,13H2,1-3H3. The lowest BCUT2D eigenvalue weighted by molar-refractivity contribution is 0.305. The number of aliphatic hydroxyl groups excluding tert-OH is 1. The van der Waals surface area contributed by atoms with E-state index >= 15 is 0 Å². The summed E-state index contributed by atoms with van der Waals surface area (Å²) >= 11 is 0. The van der Waals surface area contributed by atoms with Crippen LogP contribution < -0.4 is 4.90 Å². The maximum absolute atomic E-state index is 12.2. The van der Waals surface area contributed by atoms with Crippen LogP contribution in [-0.4, -0.2) is 47.8 Å². The van der Waals surface area contributed by atoms with Crippen LogP contribution in [0, 0.1) is 19.8 Å². The number of rotatable bonds is 6. The first kappa shape index (κ1) is 19.3. The molecule has 1 aliphatic heterocycles. The van der Waals surface area contributed by atoms with Gasteiger partial charge in [0.1, 0.15) is 18.5 Å². The Balaban J connectivity index is 1.68. The number of aromatic nitrogens is 2. The fourth-order valence-corrected chi connectivity index (χ4v) is 4.78. The van der Waals surface area contributed by atoms with E-state index < -0.39 is 7.37 Å². The Bertz CT molecular complexity index is 811. The van der Waals surface area contributed by atoms with Crippen LogP contribution in [0.25, 0.3) is 10.9 Å². The first-order chi connectivity index (χ1) is 12.5. The molecule has 0 aliphatic carbocycles. The van der Waals surface area contributed by atoms with Crippen LogP contribution in [0.5, 0.6) is 0 Å². The molecule has 0 saturated carbocycles. The smallest absolute Gasteiger partial charge is 0.227 e. The monoisotopic (exact) mass is 377 g/mol. The Labute approximate surface area is 155 Å². The van der Waals surface area contributed by atoms with Crippen LogP contribution >= 0.6 is 7.37 Å². The number of aliphatic hydroxyl groups is 1. The molecule has 1 fully saturated rings. The predicted octanol–water partition coefficient (Wildman–Crippen LogP) is 3.73. The first-order valence-electron chi connectivity index (χ1n) is 9.17. The molecule has 1 N–H and O–H groups in total. The highest BCUT2D eigenvalue weighted by Crippen LogP contribution is 2.46. The van der Waals surface area contributed by atoms with E-state index in [-0.39, 0.29) is 6.35 Å². The van der Waals surface area contributed by atoms with Crippen LogP contribution in [0.2, 0.25) is 0 Å². The second kappa shape index (κ2) is 8.03. The minimum absolute atomic E-state index is 0.367. The lowest BCUT2D eigenvalue weighted by atomic mass is 9.94. The van der Waals surface area contributed by atoms with Crippen molar-refractivity contribution in [2.45, 2.75) is 33.1 Å². The summed E-state index contributed by atoms with van der Waals surface area (Å²) in [6.07, 6.45) is 4.64. The summed E-state index contributed by atoms with van der Waals surface area (Å²) in [5, 5.41) is 10.3. The third-order valence-electron chi connectivity index (χ3n) is 5.57. The summed E-state index contributed by atoms with van der Waals surface area (Å²) in [7, 11) is -1.42. The molecular formula is C19H28N3O3P. The number of nitrogens with zero attached hydrogens (tertiary/aromatic N) is 3. The third-order valence-corrected chi connectivity index (χ3v) is 7.61. The fraction of sp³-hybridized carbons (Fsp3) is 0.579. The van der Waals surface area contributed by atoms with E-state index in [2.05, 4.69) is 40.8 Å². The second-order valence-electron chi connectivity index (χ2n) is 7.23. The molecule has 6 nitrogen and oxygen atoms in total. The Kier molecular flexibility index (Phi) is 5.96. The van der Waals surface area contributed by atoms with Crippen molar-refractivity contribution in [1.82, 2.24) is 9.97 Å². The van der Waals surface area contributed by atoms with Crippen molar-refractivity contribution in [1.29, 1.82) is 0 Å². The van der Waals surface area contributed by atoms with Gasteiger partial charge in [-0.15, -0.1) is 0 Å². The van der Waals surface area contributed by atoms with Gasteiger partial charge >= 0.3 is 0 Å². The highest BCUT2D eigenvalue weighted by atomic mass is 31.2. The molecule has 26 heavy (non-hydrogen) atoms. The van der Waals surface area contributed by atoms with E-state index in [9.17, 15) is 9.67 Å². The molecule has 0 amide bonds. The summed E-state index contributed by atoms with van der Waals surface area (Å²) in [5.41, 5.74) is 3.49. The molecule has 1 atom stereocenters. The minimum Gasteiger partial charge on any atom is -0.386 e. The molecule has 2 aromatic rings. The molecule has 2 heterocycles. The predicted molar refractivity (Wildman–Crippen MR) is 105 cm³/mol. The van der Waals surface area contributed by atoms with Gasteiger partial charge in [0.05, 0.1) is 5.52 Å². The Morgan fingerprint density at radius 3 is 2.58 bits per heavy atom. The van der Waals surface area contributed by atoms with Gasteiger partial charge in [-0.3, -0.25) is 4.57 Å². The molecule has 0 bridgehead atoms. The topological polar surface area (TPSA) is 75.6 Å². The van der Waals surface area contributed by atoms with E-state index in [1.807, 2.05) is 0 Å². The molecule has 1 aliphatic rings. The molecule has 1 saturated heterocycles. The number of piperidine rings is 1. The van der Waals surface area contributed by atoms with Gasteiger partial charge in [-0.2, -0.15) is 0 Å². The molecule has 0 radical (unpaired) electrons. The lowest BCUT2D eigenvalue weighted by Crippen LogP contribution is -2.34. The van der Waals surface area contributed by atoms with Gasteiger partial charge in [-0.1, -0.05) is 0 Å². The van der Waals surface area contributed by atoms with Crippen molar-refractivity contribution in [3.63, 3.8) is 0 Å². The molecular weight excluding hydrogens is 349 g/mol. The minimum atomic E-state index is -2.84. The highest BCUT2D eigenvalue weighted by molar-refractivity contribution is 7.58. The van der Waals surface area contributed by atoms with E-state index in [4.69, 9.17) is 4.52 Å². The van der Waals surface area contributed by atoms with Crippen molar-refractivity contribution in [3.05, 3.63) is 29.6 Å². The Morgan fingerprint density at radius 1 is 1.23 bits per heavy atom. The summed E-state index contributed by atoms with van der Waals surface area (Å²) in [6, 6.07) is 4.31. The largest absolute Gasteiger partial charge is 0.386 e. The summed E-state index contributed by atoms with van der Waals surface area (Å²) in [5.74, 6) is 1.52. The molecule has 1 unspecified atom stereocenters. The number of hydrogen-bond donors (Lipinski definition) is 1. The van der Waals surface area contributed by atoms with Crippen molar-refractivity contribution in [3.8, 4) is 0 Å². The normalized spacial score (nSPS) is 18.2. The van der Waals surface area contributed by atoms with Crippen molar-refractivity contribution in [2.75, 3.05) is 37.6 Å². The number of benzene rings is 1. The number of aryl methyl sites for hydroxylation is 2. The number of hydrogen-bond acceptors (Lipinski definition) is 6. The number of anilines is 1. The highest BCUT2D eigenvalue weighted by Gasteiger charge is 2.26. The quantitative estimate of drug-likeness (QED) is 0.773. The van der Waals surface area contributed by atoms with Gasteiger partial charge in [-0.05, 0) is 62.3 Å². The number of fused-ring (bicyclic) bond motifs is 1. The van der Waals surface area contributed by atoms with Crippen LogP contribution in [0.3, 0.4) is 0 Å². The third kappa shape index (κ3) is 4.08. The maximum atomic E-state index is 12.2. The maximum Gasteiger partial charge on any atom is 0.227 e. The molecule has 3 rings (SSSR count). The van der Waals surface area contributed by atoms with Gasteiger partial charge < -0.3 is 14.5 Å².